The Morgan fingerprint density at radius 3 is 0.625 bits per heavy atom. The Balaban J connectivity index is -0.000000125. The Hall–Kier alpha value is 5.35. The van der Waals surface area contributed by atoms with Gasteiger partial charge in [0.1, 0.15) is 0 Å². The average Bonchev–Trinajstić information content (AvgIpc) is 0.650. The molecule has 0 radical (unpaired) electrons. The first-order valence-corrected chi connectivity index (χ1v) is 11.9. The van der Waals surface area contributed by atoms with Gasteiger partial charge >= 0.3 is 160 Å². The monoisotopic (exact) mass is 355 g/mol. The smallest absolute Gasteiger partial charge is 1.00 e. The molecule has 0 bridgehead atoms. The number of rotatable bonds is 0. The summed E-state index contributed by atoms with van der Waals surface area (Å²) in [7, 11) is 21.0. The van der Waals surface area contributed by atoms with Gasteiger partial charge < -0.3 is 0 Å². The summed E-state index contributed by atoms with van der Waals surface area (Å²) in [5, 5.41) is 0. The van der Waals surface area contributed by atoms with Gasteiger partial charge in [-0.3, -0.25) is 0 Å². The van der Waals surface area contributed by atoms with E-state index in [9.17, 15) is 0 Å². The molecule has 0 atom stereocenters. The maximum atomic E-state index is 5.02. The van der Waals surface area contributed by atoms with E-state index in [0.29, 0.717) is 0 Å². The van der Waals surface area contributed by atoms with Crippen molar-refractivity contribution in [2.45, 2.75) is 0 Å². The zero-order valence-corrected chi connectivity index (χ0v) is 16.0. The Labute approximate surface area is 154 Å². The normalized spacial score (nSPS) is 14.4. The van der Waals surface area contributed by atoms with Crippen LogP contribution in [0, 0.1) is 0 Å². The molecule has 0 spiro atoms. The van der Waals surface area contributed by atoms with Gasteiger partial charge in [0, 0.05) is 0 Å². The third kappa shape index (κ3) is 42.5. The SMILES string of the molecule is [Cl][Ru]([Cl])([Cl])([Cl])[Cl].[K+].[K+]. The van der Waals surface area contributed by atoms with E-state index in [-0.39, 0.29) is 103 Å². The van der Waals surface area contributed by atoms with E-state index in [1.165, 1.54) is 0 Å². The summed E-state index contributed by atoms with van der Waals surface area (Å²) in [6, 6.07) is 0. The second-order valence-corrected chi connectivity index (χ2v) is 26.9. The molecule has 0 heterocycles. The second kappa shape index (κ2) is 6.75. The summed E-state index contributed by atoms with van der Waals surface area (Å²) < 4.78 is 0. The van der Waals surface area contributed by atoms with Gasteiger partial charge in [0.15, 0.2) is 0 Å². The largest absolute Gasteiger partial charge is 1.00 e. The summed E-state index contributed by atoms with van der Waals surface area (Å²) >= 11 is 0. The molecule has 43 valence electrons. The Bertz CT molecular complexity index is 43.6. The Morgan fingerprint density at radius 1 is 0.625 bits per heavy atom. The third-order valence-electron chi connectivity index (χ3n) is 0. The van der Waals surface area contributed by atoms with E-state index >= 15 is 0 Å². The molecule has 0 aliphatic heterocycles. The van der Waals surface area contributed by atoms with E-state index in [0.717, 1.165) is 0 Å². The van der Waals surface area contributed by atoms with E-state index < -0.39 is 8.65 Å². The minimum atomic E-state index is -4.11. The topological polar surface area (TPSA) is 0 Å². The fraction of sp³-hybridized carbons (Fsp3) is 0. The summed E-state index contributed by atoms with van der Waals surface area (Å²) in [6.45, 7) is 0. The van der Waals surface area contributed by atoms with E-state index in [1.54, 1.807) is 0 Å². The first-order chi connectivity index (χ1) is 2.24. The molecule has 8 heavy (non-hydrogen) atoms. The first-order valence-electron chi connectivity index (χ1n) is 0.668. The molecule has 0 amide bonds. The van der Waals surface area contributed by atoms with Crippen molar-refractivity contribution < 1.29 is 111 Å². The van der Waals surface area contributed by atoms with Gasteiger partial charge in [0.25, 0.3) is 0 Å². The minimum Gasteiger partial charge on any atom is 1.00 e. The van der Waals surface area contributed by atoms with E-state index in [1.807, 2.05) is 0 Å². The summed E-state index contributed by atoms with van der Waals surface area (Å²) in [6.07, 6.45) is 0. The number of halogens is 5. The van der Waals surface area contributed by atoms with Crippen LogP contribution in [0.4, 0.5) is 0 Å². The fourth-order valence-electron chi connectivity index (χ4n) is 0. The van der Waals surface area contributed by atoms with E-state index in [2.05, 4.69) is 0 Å². The van der Waals surface area contributed by atoms with Crippen molar-refractivity contribution in [3.8, 4) is 0 Å². The van der Waals surface area contributed by atoms with Gasteiger partial charge in [0.2, 0.25) is 0 Å². The first kappa shape index (κ1) is 19.0. The maximum Gasteiger partial charge on any atom is 1.00 e. The van der Waals surface area contributed by atoms with Crippen LogP contribution < -0.4 is 103 Å². The summed E-state index contributed by atoms with van der Waals surface area (Å²) in [5.41, 5.74) is 0. The molecular weight excluding hydrogens is 357 g/mol. The van der Waals surface area contributed by atoms with Gasteiger partial charge in [0.05, 0.1) is 0 Å². The Morgan fingerprint density at radius 2 is 0.625 bits per heavy atom. The van der Waals surface area contributed by atoms with Gasteiger partial charge in [-0.25, -0.2) is 0 Å². The van der Waals surface area contributed by atoms with Crippen LogP contribution in [0.25, 0.3) is 0 Å². The van der Waals surface area contributed by atoms with Crippen molar-refractivity contribution in [1.29, 1.82) is 0 Å². The van der Waals surface area contributed by atoms with Gasteiger partial charge in [-0.2, -0.15) is 0 Å². The van der Waals surface area contributed by atoms with Gasteiger partial charge in [-0.1, -0.05) is 0 Å². The minimum absolute atomic E-state index is 0. The van der Waals surface area contributed by atoms with Gasteiger partial charge in [-0.05, 0) is 0 Å². The van der Waals surface area contributed by atoms with Crippen LogP contribution in [-0.2, 0) is 8.65 Å². The van der Waals surface area contributed by atoms with Crippen LogP contribution in [0.15, 0.2) is 0 Å². The van der Waals surface area contributed by atoms with Crippen molar-refractivity contribution in [3.63, 3.8) is 0 Å². The van der Waals surface area contributed by atoms with Crippen LogP contribution in [0.5, 0.6) is 0 Å². The fourth-order valence-corrected chi connectivity index (χ4v) is 0. The molecule has 0 aliphatic carbocycles. The molecule has 0 aliphatic rings. The van der Waals surface area contributed by atoms with Crippen molar-refractivity contribution in [2.75, 3.05) is 0 Å². The van der Waals surface area contributed by atoms with Crippen LogP contribution in [0.3, 0.4) is 0 Å². The predicted molar refractivity (Wildman–Crippen MR) is 29.3 cm³/mol. The molecular formula is Cl5K2Ru+2. The third-order valence-corrected chi connectivity index (χ3v) is 0. The molecule has 0 N–H and O–H groups in total. The molecule has 0 aromatic heterocycles. The van der Waals surface area contributed by atoms with Gasteiger partial charge in [-0.15, -0.1) is 0 Å². The predicted octanol–water partition coefficient (Wildman–Crippen LogP) is -2.55. The van der Waals surface area contributed by atoms with Crippen LogP contribution in [0.2, 0.25) is 0 Å². The molecule has 8 heteroatoms. The van der Waals surface area contributed by atoms with Crippen molar-refractivity contribution in [2.24, 2.45) is 0 Å². The Kier molecular flexibility index (Phi) is 16.0. The van der Waals surface area contributed by atoms with Crippen molar-refractivity contribution in [1.82, 2.24) is 0 Å². The van der Waals surface area contributed by atoms with Crippen LogP contribution >= 0.6 is 48.5 Å². The zero-order chi connectivity index (χ0) is 5.45. The average molecular weight is 357 g/mol. The second-order valence-electron chi connectivity index (χ2n) is 0.505. The summed E-state index contributed by atoms with van der Waals surface area (Å²) in [5.74, 6) is 0. The maximum absolute atomic E-state index is 5.02. The number of hydrogen-bond acceptors (Lipinski definition) is 0. The molecule has 0 aromatic carbocycles. The number of hydrogen-bond donors (Lipinski definition) is 0. The molecule has 0 fully saturated rings. The zero-order valence-electron chi connectivity index (χ0n) is 4.24. The van der Waals surface area contributed by atoms with Crippen molar-refractivity contribution in [3.05, 3.63) is 0 Å². The van der Waals surface area contributed by atoms with Crippen LogP contribution in [0.1, 0.15) is 0 Å². The van der Waals surface area contributed by atoms with Crippen molar-refractivity contribution >= 4 is 48.5 Å². The van der Waals surface area contributed by atoms with E-state index in [4.69, 9.17) is 48.5 Å². The molecule has 0 saturated carbocycles. The van der Waals surface area contributed by atoms with Crippen LogP contribution in [-0.4, -0.2) is 0 Å². The molecule has 0 aromatic rings. The molecule has 0 rings (SSSR count). The quantitative estimate of drug-likeness (QED) is 0.420. The molecule has 0 unspecified atom stereocenters. The standard InChI is InChI=1S/5ClH.2K.Ru/h5*1H;;;/q;;;;;2*+1;+5/p-5. The summed E-state index contributed by atoms with van der Waals surface area (Å²) in [4.78, 5) is 0. The molecule has 0 nitrogen and oxygen atoms in total. The molecule has 0 saturated heterocycles.